The van der Waals surface area contributed by atoms with Gasteiger partial charge in [-0.15, -0.1) is 0 Å². The van der Waals surface area contributed by atoms with Crippen LogP contribution in [0.25, 0.3) is 10.8 Å². The molecule has 150 valence electrons. The van der Waals surface area contributed by atoms with E-state index in [9.17, 15) is 0 Å². The number of pyridine rings is 1. The van der Waals surface area contributed by atoms with Gasteiger partial charge in [0.2, 0.25) is 0 Å². The van der Waals surface area contributed by atoms with Gasteiger partial charge in [0.05, 0.1) is 0 Å². The number of fused-ring (bicyclic) bond motifs is 1. The molecule has 0 aliphatic heterocycles. The fraction of sp³-hybridized carbons (Fsp3) is 0.240. The Morgan fingerprint density at radius 2 is 0.750 bits per heavy atom. The molecule has 4 aromatic rings. The molecule has 0 unspecified atom stereocenters. The van der Waals surface area contributed by atoms with E-state index >= 15 is 0 Å². The van der Waals surface area contributed by atoms with E-state index in [1.807, 2.05) is 59.7 Å². The summed E-state index contributed by atoms with van der Waals surface area (Å²) in [6.45, 7) is 12.0. The molecule has 0 amide bonds. The molecule has 0 aliphatic carbocycles. The van der Waals surface area contributed by atoms with Gasteiger partial charge in [0.1, 0.15) is 6.33 Å². The predicted octanol–water partition coefficient (Wildman–Crippen LogP) is 7.48. The van der Waals surface area contributed by atoms with E-state index in [1.165, 1.54) is 17.1 Å². The number of aromatic nitrogens is 3. The van der Waals surface area contributed by atoms with Crippen LogP contribution in [0.15, 0.2) is 104 Å². The predicted molar refractivity (Wildman–Crippen MR) is 124 cm³/mol. The lowest BCUT2D eigenvalue weighted by Gasteiger charge is -1.92. The van der Waals surface area contributed by atoms with Gasteiger partial charge in [0.25, 0.3) is 0 Å². The van der Waals surface area contributed by atoms with Gasteiger partial charge in [-0.05, 0) is 29.0 Å². The van der Waals surface area contributed by atoms with Gasteiger partial charge in [-0.25, -0.2) is 9.97 Å². The number of hydrogen-bond donors (Lipinski definition) is 0. The largest absolute Gasteiger partial charge is 0.265 e. The Kier molecular flexibility index (Phi) is 23.2. The number of hydrogen-bond acceptors (Lipinski definition) is 3. The Hall–Kier alpha value is -3.07. The SMILES string of the molecule is CC.CC.CC.c1ccc2ccccc2c1.c1ccncc1.c1cncnc1. The molecule has 0 saturated heterocycles. The highest BCUT2D eigenvalue weighted by Gasteiger charge is 1.85. The molecule has 28 heavy (non-hydrogen) atoms. The fourth-order valence-electron chi connectivity index (χ4n) is 1.70. The monoisotopic (exact) mass is 377 g/mol. The minimum absolute atomic E-state index is 1.31. The molecule has 0 radical (unpaired) electrons. The third-order valence-corrected chi connectivity index (χ3v) is 2.70. The van der Waals surface area contributed by atoms with Crippen LogP contribution in [0.5, 0.6) is 0 Å². The highest BCUT2D eigenvalue weighted by atomic mass is 14.8. The fourth-order valence-corrected chi connectivity index (χ4v) is 1.70. The van der Waals surface area contributed by atoms with Crippen molar-refractivity contribution in [3.8, 4) is 0 Å². The van der Waals surface area contributed by atoms with Crippen molar-refractivity contribution in [2.24, 2.45) is 0 Å². The first kappa shape index (κ1) is 27.2. The highest BCUT2D eigenvalue weighted by molar-refractivity contribution is 5.81. The van der Waals surface area contributed by atoms with Gasteiger partial charge in [0.15, 0.2) is 0 Å². The van der Waals surface area contributed by atoms with Gasteiger partial charge >= 0.3 is 0 Å². The molecule has 0 spiro atoms. The van der Waals surface area contributed by atoms with E-state index in [2.05, 4.69) is 63.5 Å². The van der Waals surface area contributed by atoms with Crippen LogP contribution in [0.3, 0.4) is 0 Å². The maximum atomic E-state index is 3.78. The topological polar surface area (TPSA) is 38.7 Å². The third-order valence-electron chi connectivity index (χ3n) is 2.70. The molecule has 2 aromatic heterocycles. The van der Waals surface area contributed by atoms with Crippen molar-refractivity contribution in [2.75, 3.05) is 0 Å². The molecule has 0 N–H and O–H groups in total. The summed E-state index contributed by atoms with van der Waals surface area (Å²) in [5.74, 6) is 0. The lowest BCUT2D eigenvalue weighted by atomic mass is 10.1. The molecule has 0 aliphatic rings. The van der Waals surface area contributed by atoms with Crippen molar-refractivity contribution in [1.82, 2.24) is 15.0 Å². The number of benzene rings is 2. The van der Waals surface area contributed by atoms with Crippen LogP contribution in [-0.4, -0.2) is 15.0 Å². The van der Waals surface area contributed by atoms with Crippen molar-refractivity contribution in [3.63, 3.8) is 0 Å². The Balaban J connectivity index is 0. The molecule has 3 nitrogen and oxygen atoms in total. The van der Waals surface area contributed by atoms with Gasteiger partial charge < -0.3 is 0 Å². The molecule has 0 fully saturated rings. The van der Waals surface area contributed by atoms with Crippen LogP contribution in [0, 0.1) is 0 Å². The standard InChI is InChI=1S/C10H8.C5H5N.C4H4N2.3C2H6/c1-2-6-10-8-4-3-7-9(10)5-1;1-2-4-6-5-3-1;1-2-5-4-6-3-1;3*1-2/h1-8H;1-5H;1-4H;3*1-2H3. The molecule has 2 heterocycles. The van der Waals surface area contributed by atoms with Crippen LogP contribution >= 0.6 is 0 Å². The van der Waals surface area contributed by atoms with E-state index in [0.717, 1.165) is 0 Å². The molecule has 3 heteroatoms. The minimum Gasteiger partial charge on any atom is -0.265 e. The Labute approximate surface area is 171 Å². The van der Waals surface area contributed by atoms with Crippen LogP contribution < -0.4 is 0 Å². The second-order valence-electron chi connectivity index (χ2n) is 4.28. The molecule has 0 atom stereocenters. The quantitative estimate of drug-likeness (QED) is 0.319. The lowest BCUT2D eigenvalue weighted by Crippen LogP contribution is -1.67. The van der Waals surface area contributed by atoms with E-state index < -0.39 is 0 Å². The van der Waals surface area contributed by atoms with E-state index in [0.29, 0.717) is 0 Å². The number of nitrogens with zero attached hydrogens (tertiary/aromatic N) is 3. The molecule has 0 saturated carbocycles. The van der Waals surface area contributed by atoms with E-state index in [1.54, 1.807) is 30.9 Å². The summed E-state index contributed by atoms with van der Waals surface area (Å²) in [6.07, 6.45) is 8.38. The average Bonchev–Trinajstić information content (AvgIpc) is 2.86. The first-order valence-corrected chi connectivity index (χ1v) is 9.95. The van der Waals surface area contributed by atoms with Gasteiger partial charge in [0, 0.05) is 24.8 Å². The van der Waals surface area contributed by atoms with Crippen molar-refractivity contribution >= 4 is 10.8 Å². The van der Waals surface area contributed by atoms with Crippen molar-refractivity contribution in [1.29, 1.82) is 0 Å². The lowest BCUT2D eigenvalue weighted by molar-refractivity contribution is 1.17. The highest BCUT2D eigenvalue weighted by Crippen LogP contribution is 2.11. The summed E-state index contributed by atoms with van der Waals surface area (Å²) in [7, 11) is 0. The van der Waals surface area contributed by atoms with Crippen LogP contribution in [0.1, 0.15) is 41.5 Å². The zero-order chi connectivity index (χ0) is 21.3. The summed E-state index contributed by atoms with van der Waals surface area (Å²) >= 11 is 0. The first-order valence-electron chi connectivity index (χ1n) is 9.95. The van der Waals surface area contributed by atoms with Crippen molar-refractivity contribution < 1.29 is 0 Å². The van der Waals surface area contributed by atoms with Crippen LogP contribution in [-0.2, 0) is 0 Å². The zero-order valence-corrected chi connectivity index (χ0v) is 18.2. The third kappa shape index (κ3) is 15.2. The maximum Gasteiger partial charge on any atom is 0.115 e. The van der Waals surface area contributed by atoms with Gasteiger partial charge in [-0.1, -0.05) is 96.1 Å². The van der Waals surface area contributed by atoms with E-state index in [-0.39, 0.29) is 0 Å². The molecule has 2 aromatic carbocycles. The zero-order valence-electron chi connectivity index (χ0n) is 18.2. The Morgan fingerprint density at radius 3 is 0.929 bits per heavy atom. The normalized spacial score (nSPS) is 7.64. The second kappa shape index (κ2) is 23.9. The summed E-state index contributed by atoms with van der Waals surface area (Å²) in [4.78, 5) is 11.1. The van der Waals surface area contributed by atoms with E-state index in [4.69, 9.17) is 0 Å². The summed E-state index contributed by atoms with van der Waals surface area (Å²) in [5, 5.41) is 2.62. The second-order valence-corrected chi connectivity index (χ2v) is 4.28. The smallest absolute Gasteiger partial charge is 0.115 e. The summed E-state index contributed by atoms with van der Waals surface area (Å²) in [6, 6.07) is 24.2. The molecular formula is C25H35N3. The Morgan fingerprint density at radius 1 is 0.393 bits per heavy atom. The van der Waals surface area contributed by atoms with Gasteiger partial charge in [-0.2, -0.15) is 0 Å². The van der Waals surface area contributed by atoms with Crippen LogP contribution in [0.2, 0.25) is 0 Å². The maximum absolute atomic E-state index is 3.78. The Bertz CT molecular complexity index is 594. The molecule has 4 rings (SSSR count). The molecular weight excluding hydrogens is 342 g/mol. The average molecular weight is 378 g/mol. The first-order chi connectivity index (χ1) is 14.0. The van der Waals surface area contributed by atoms with Crippen molar-refractivity contribution in [2.45, 2.75) is 41.5 Å². The van der Waals surface area contributed by atoms with Crippen LogP contribution in [0.4, 0.5) is 0 Å². The summed E-state index contributed by atoms with van der Waals surface area (Å²) < 4.78 is 0. The molecule has 0 bridgehead atoms. The van der Waals surface area contributed by atoms with Gasteiger partial charge in [-0.3, -0.25) is 4.98 Å². The number of rotatable bonds is 0. The minimum atomic E-state index is 1.31. The van der Waals surface area contributed by atoms with Crippen molar-refractivity contribution in [3.05, 3.63) is 104 Å². The summed E-state index contributed by atoms with van der Waals surface area (Å²) in [5.41, 5.74) is 0.